The van der Waals surface area contributed by atoms with E-state index in [1.54, 1.807) is 0 Å². The number of amidine groups is 1. The number of aliphatic imine (C=N–C) groups is 1. The molecule has 0 aromatic carbocycles. The quantitative estimate of drug-likeness (QED) is 0.783. The SMILES string of the molecule is CC(C)C1CN=C(NC2(C)CCOC2)S1. The van der Waals surface area contributed by atoms with E-state index in [1.807, 2.05) is 11.8 Å². The standard InChI is InChI=1S/C11H20N2OS/c1-8(2)9-6-12-10(15-9)13-11(3)4-5-14-7-11/h8-9H,4-7H2,1-3H3,(H,12,13). The molecule has 2 heterocycles. The second kappa shape index (κ2) is 4.34. The van der Waals surface area contributed by atoms with Crippen molar-refractivity contribution in [3.8, 4) is 0 Å². The maximum absolute atomic E-state index is 5.42. The minimum atomic E-state index is 0.109. The first-order chi connectivity index (χ1) is 7.09. The Balaban J connectivity index is 1.86. The van der Waals surface area contributed by atoms with Gasteiger partial charge in [-0.1, -0.05) is 25.6 Å². The maximum atomic E-state index is 5.42. The third-order valence-corrected chi connectivity index (χ3v) is 4.50. The summed E-state index contributed by atoms with van der Waals surface area (Å²) in [6.07, 6.45) is 1.08. The molecule has 3 nitrogen and oxygen atoms in total. The molecule has 0 aliphatic carbocycles. The van der Waals surface area contributed by atoms with Crippen molar-refractivity contribution in [3.63, 3.8) is 0 Å². The van der Waals surface area contributed by atoms with Gasteiger partial charge in [0.05, 0.1) is 18.7 Å². The van der Waals surface area contributed by atoms with Crippen molar-refractivity contribution in [2.24, 2.45) is 10.9 Å². The highest BCUT2D eigenvalue weighted by molar-refractivity contribution is 8.14. The van der Waals surface area contributed by atoms with Crippen molar-refractivity contribution < 1.29 is 4.74 Å². The predicted octanol–water partition coefficient (Wildman–Crippen LogP) is 1.88. The lowest BCUT2D eigenvalue weighted by atomic mass is 10.0. The van der Waals surface area contributed by atoms with Crippen LogP contribution in [0.5, 0.6) is 0 Å². The molecule has 15 heavy (non-hydrogen) atoms. The third kappa shape index (κ3) is 2.67. The molecule has 2 rings (SSSR count). The molecule has 0 saturated carbocycles. The molecule has 2 atom stereocenters. The predicted molar refractivity (Wildman–Crippen MR) is 65.5 cm³/mol. The fraction of sp³-hybridized carbons (Fsp3) is 0.909. The van der Waals surface area contributed by atoms with Crippen molar-refractivity contribution in [1.29, 1.82) is 0 Å². The van der Waals surface area contributed by atoms with Crippen LogP contribution < -0.4 is 5.32 Å². The molecule has 0 bridgehead atoms. The van der Waals surface area contributed by atoms with Crippen LogP contribution in [0.3, 0.4) is 0 Å². The smallest absolute Gasteiger partial charge is 0.157 e. The average Bonchev–Trinajstić information content (AvgIpc) is 2.75. The topological polar surface area (TPSA) is 33.6 Å². The number of nitrogens with one attached hydrogen (secondary N) is 1. The molecule has 0 amide bonds. The molecular weight excluding hydrogens is 208 g/mol. The summed E-state index contributed by atoms with van der Waals surface area (Å²) < 4.78 is 5.42. The molecule has 1 fully saturated rings. The first-order valence-corrected chi connectivity index (χ1v) is 6.54. The molecule has 2 unspecified atom stereocenters. The van der Waals surface area contributed by atoms with Gasteiger partial charge in [-0.15, -0.1) is 0 Å². The van der Waals surface area contributed by atoms with Crippen LogP contribution >= 0.6 is 11.8 Å². The summed E-state index contributed by atoms with van der Waals surface area (Å²) in [6.45, 7) is 9.37. The van der Waals surface area contributed by atoms with Crippen molar-refractivity contribution in [2.75, 3.05) is 19.8 Å². The number of rotatable bonds is 2. The second-order valence-corrected chi connectivity index (χ2v) is 6.26. The van der Waals surface area contributed by atoms with Gasteiger partial charge in [0, 0.05) is 11.9 Å². The highest BCUT2D eigenvalue weighted by Crippen LogP contribution is 2.28. The lowest BCUT2D eigenvalue weighted by Gasteiger charge is -2.24. The van der Waals surface area contributed by atoms with Gasteiger partial charge in [0.1, 0.15) is 0 Å². The van der Waals surface area contributed by atoms with Crippen LogP contribution in [-0.2, 0) is 4.74 Å². The van der Waals surface area contributed by atoms with E-state index in [9.17, 15) is 0 Å². The Kier molecular flexibility index (Phi) is 3.26. The number of nitrogens with zero attached hydrogens (tertiary/aromatic N) is 1. The van der Waals surface area contributed by atoms with E-state index in [0.717, 1.165) is 31.3 Å². The fourth-order valence-electron chi connectivity index (χ4n) is 1.83. The summed E-state index contributed by atoms with van der Waals surface area (Å²) in [4.78, 5) is 4.56. The van der Waals surface area contributed by atoms with E-state index in [2.05, 4.69) is 31.1 Å². The summed E-state index contributed by atoms with van der Waals surface area (Å²) in [5, 5.41) is 5.29. The average molecular weight is 228 g/mol. The first kappa shape index (κ1) is 11.3. The highest BCUT2D eigenvalue weighted by Gasteiger charge is 2.33. The number of hydrogen-bond donors (Lipinski definition) is 1. The van der Waals surface area contributed by atoms with Gasteiger partial charge in [-0.25, -0.2) is 0 Å². The molecule has 0 aromatic rings. The van der Waals surface area contributed by atoms with Crippen molar-refractivity contribution in [2.45, 2.75) is 38.0 Å². The van der Waals surface area contributed by atoms with Crippen molar-refractivity contribution in [1.82, 2.24) is 5.32 Å². The largest absolute Gasteiger partial charge is 0.379 e. The van der Waals surface area contributed by atoms with Crippen LogP contribution in [0.4, 0.5) is 0 Å². The summed E-state index contributed by atoms with van der Waals surface area (Å²) in [7, 11) is 0. The molecule has 2 aliphatic heterocycles. The normalized spacial score (nSPS) is 36.0. The summed E-state index contributed by atoms with van der Waals surface area (Å²) in [5.74, 6) is 0.700. The first-order valence-electron chi connectivity index (χ1n) is 5.66. The summed E-state index contributed by atoms with van der Waals surface area (Å²) in [5.41, 5.74) is 0.109. The van der Waals surface area contributed by atoms with Gasteiger partial charge in [0.2, 0.25) is 0 Å². The molecular formula is C11H20N2OS. The van der Waals surface area contributed by atoms with E-state index < -0.39 is 0 Å². The lowest BCUT2D eigenvalue weighted by Crippen LogP contribution is -2.45. The van der Waals surface area contributed by atoms with E-state index in [0.29, 0.717) is 11.2 Å². The van der Waals surface area contributed by atoms with Gasteiger partial charge >= 0.3 is 0 Å². The van der Waals surface area contributed by atoms with Crippen LogP contribution in [0.15, 0.2) is 4.99 Å². The van der Waals surface area contributed by atoms with E-state index in [4.69, 9.17) is 4.74 Å². The van der Waals surface area contributed by atoms with Crippen LogP contribution in [0.1, 0.15) is 27.2 Å². The Bertz CT molecular complexity index is 259. The minimum absolute atomic E-state index is 0.109. The third-order valence-electron chi connectivity index (χ3n) is 3.05. The fourth-order valence-corrected chi connectivity index (χ4v) is 2.99. The molecule has 86 valence electrons. The van der Waals surface area contributed by atoms with Crippen LogP contribution in [0.25, 0.3) is 0 Å². The van der Waals surface area contributed by atoms with E-state index in [-0.39, 0.29) is 5.54 Å². The van der Waals surface area contributed by atoms with E-state index in [1.165, 1.54) is 0 Å². The molecule has 4 heteroatoms. The van der Waals surface area contributed by atoms with E-state index >= 15 is 0 Å². The molecule has 0 aromatic heterocycles. The van der Waals surface area contributed by atoms with Gasteiger partial charge in [0.15, 0.2) is 5.17 Å². The number of hydrogen-bond acceptors (Lipinski definition) is 4. The van der Waals surface area contributed by atoms with Crippen LogP contribution in [-0.4, -0.2) is 35.7 Å². The van der Waals surface area contributed by atoms with Crippen LogP contribution in [0, 0.1) is 5.92 Å². The zero-order chi connectivity index (χ0) is 10.9. The van der Waals surface area contributed by atoms with Gasteiger partial charge in [-0.3, -0.25) is 4.99 Å². The zero-order valence-electron chi connectivity index (χ0n) is 9.75. The summed E-state index contributed by atoms with van der Waals surface area (Å²) >= 11 is 1.89. The molecule has 0 spiro atoms. The second-order valence-electron chi connectivity index (χ2n) is 5.03. The number of thioether (sulfide) groups is 1. The molecule has 1 N–H and O–H groups in total. The molecule has 1 saturated heterocycles. The van der Waals surface area contributed by atoms with Gasteiger partial charge in [-0.05, 0) is 19.3 Å². The number of ether oxygens (including phenoxy) is 1. The van der Waals surface area contributed by atoms with Crippen molar-refractivity contribution in [3.05, 3.63) is 0 Å². The summed E-state index contributed by atoms with van der Waals surface area (Å²) in [6, 6.07) is 0. The Morgan fingerprint density at radius 1 is 1.60 bits per heavy atom. The van der Waals surface area contributed by atoms with Crippen molar-refractivity contribution >= 4 is 16.9 Å². The van der Waals surface area contributed by atoms with Gasteiger partial charge in [-0.2, -0.15) is 0 Å². The maximum Gasteiger partial charge on any atom is 0.157 e. The molecule has 0 radical (unpaired) electrons. The Hall–Kier alpha value is -0.220. The highest BCUT2D eigenvalue weighted by atomic mass is 32.2. The lowest BCUT2D eigenvalue weighted by molar-refractivity contribution is 0.177. The Labute approximate surface area is 96.1 Å². The van der Waals surface area contributed by atoms with Gasteiger partial charge in [0.25, 0.3) is 0 Å². The van der Waals surface area contributed by atoms with Gasteiger partial charge < -0.3 is 10.1 Å². The Morgan fingerprint density at radius 2 is 2.40 bits per heavy atom. The minimum Gasteiger partial charge on any atom is -0.379 e. The van der Waals surface area contributed by atoms with Crippen LogP contribution in [0.2, 0.25) is 0 Å². The Morgan fingerprint density at radius 3 is 2.93 bits per heavy atom. The molecule has 2 aliphatic rings. The monoisotopic (exact) mass is 228 g/mol. The zero-order valence-corrected chi connectivity index (χ0v) is 10.6.